The van der Waals surface area contributed by atoms with Crippen molar-refractivity contribution in [1.29, 1.82) is 0 Å². The van der Waals surface area contributed by atoms with Crippen LogP contribution in [0, 0.1) is 6.92 Å². The van der Waals surface area contributed by atoms with Crippen LogP contribution in [0.3, 0.4) is 0 Å². The maximum absolute atomic E-state index is 10.9. The number of hydrogen-bond acceptors (Lipinski definition) is 2. The number of carbonyl (C=O) groups is 1. The Balaban J connectivity index is 2.83. The van der Waals surface area contributed by atoms with Crippen molar-refractivity contribution in [2.24, 2.45) is 0 Å². The molecule has 13 heavy (non-hydrogen) atoms. The van der Waals surface area contributed by atoms with E-state index in [-0.39, 0.29) is 0 Å². The first-order chi connectivity index (χ1) is 6.13. The number of benzene rings is 1. The third kappa shape index (κ3) is 2.73. The number of carbonyl (C=O) groups excluding carboxylic acids is 1. The fourth-order valence-electron chi connectivity index (χ4n) is 0.878. The first-order valence-corrected chi connectivity index (χ1v) is 4.58. The molecule has 0 radical (unpaired) electrons. The number of hydrogen-bond donors (Lipinski definition) is 1. The molecular formula is C9H10BrNO2. The van der Waals surface area contributed by atoms with Crippen LogP contribution in [0.1, 0.15) is 5.56 Å². The number of halogens is 1. The molecule has 1 rings (SSSR count). The van der Waals surface area contributed by atoms with E-state index >= 15 is 0 Å². The Labute approximate surface area is 85.2 Å². The lowest BCUT2D eigenvalue weighted by Gasteiger charge is -2.06. The Bertz CT molecular complexity index is 325. The molecule has 0 aliphatic heterocycles. The zero-order chi connectivity index (χ0) is 9.84. The molecule has 0 saturated heterocycles. The summed E-state index contributed by atoms with van der Waals surface area (Å²) < 4.78 is 5.95. The lowest BCUT2D eigenvalue weighted by molar-refractivity contribution is 0.202. The Morgan fingerprint density at radius 2 is 2.23 bits per heavy atom. The van der Waals surface area contributed by atoms with Crippen molar-refractivity contribution in [3.05, 3.63) is 28.2 Å². The first kappa shape index (κ1) is 10.1. The highest BCUT2D eigenvalue weighted by atomic mass is 79.9. The van der Waals surface area contributed by atoms with Crippen molar-refractivity contribution < 1.29 is 9.53 Å². The van der Waals surface area contributed by atoms with E-state index in [9.17, 15) is 4.79 Å². The molecular weight excluding hydrogens is 234 g/mol. The summed E-state index contributed by atoms with van der Waals surface area (Å²) in [5.74, 6) is 0.572. The van der Waals surface area contributed by atoms with Crippen LogP contribution in [0.4, 0.5) is 4.79 Å². The average molecular weight is 244 g/mol. The molecule has 1 N–H and O–H groups in total. The van der Waals surface area contributed by atoms with Gasteiger partial charge in [0.05, 0.1) is 0 Å². The van der Waals surface area contributed by atoms with Gasteiger partial charge >= 0.3 is 6.09 Å². The van der Waals surface area contributed by atoms with Crippen molar-refractivity contribution >= 4 is 22.0 Å². The topological polar surface area (TPSA) is 38.3 Å². The van der Waals surface area contributed by atoms with Crippen molar-refractivity contribution in [2.75, 3.05) is 7.05 Å². The number of aryl methyl sites for hydroxylation is 1. The minimum absolute atomic E-state index is 0.453. The molecule has 0 aromatic heterocycles. The molecule has 0 fully saturated rings. The van der Waals surface area contributed by atoms with Crippen LogP contribution in [-0.4, -0.2) is 13.1 Å². The summed E-state index contributed by atoms with van der Waals surface area (Å²) in [4.78, 5) is 10.9. The molecule has 4 heteroatoms. The van der Waals surface area contributed by atoms with E-state index in [1.807, 2.05) is 19.1 Å². The highest BCUT2D eigenvalue weighted by molar-refractivity contribution is 9.10. The molecule has 0 unspecified atom stereocenters. The second kappa shape index (κ2) is 4.28. The van der Waals surface area contributed by atoms with E-state index < -0.39 is 6.09 Å². The van der Waals surface area contributed by atoms with Gasteiger partial charge in [0, 0.05) is 11.5 Å². The predicted molar refractivity (Wildman–Crippen MR) is 54.0 cm³/mol. The molecule has 0 aliphatic carbocycles. The molecule has 0 atom stereocenters. The number of amides is 1. The molecule has 70 valence electrons. The second-order valence-corrected chi connectivity index (χ2v) is 3.47. The minimum atomic E-state index is -0.453. The molecule has 3 nitrogen and oxygen atoms in total. The first-order valence-electron chi connectivity index (χ1n) is 3.79. The summed E-state index contributed by atoms with van der Waals surface area (Å²) in [6.45, 7) is 1.88. The average Bonchev–Trinajstić information content (AvgIpc) is 2.09. The molecule has 0 bridgehead atoms. The Kier molecular flexibility index (Phi) is 3.31. The maximum Gasteiger partial charge on any atom is 0.412 e. The van der Waals surface area contributed by atoms with E-state index in [1.54, 1.807) is 6.07 Å². The summed E-state index contributed by atoms with van der Waals surface area (Å²) in [7, 11) is 1.52. The van der Waals surface area contributed by atoms with Gasteiger partial charge in [-0.2, -0.15) is 0 Å². The van der Waals surface area contributed by atoms with E-state index in [4.69, 9.17) is 4.74 Å². The molecule has 1 amide bonds. The van der Waals surface area contributed by atoms with Crippen LogP contribution in [0.2, 0.25) is 0 Å². The Hall–Kier alpha value is -1.03. The third-order valence-corrected chi connectivity index (χ3v) is 2.04. The summed E-state index contributed by atoms with van der Waals surface area (Å²) >= 11 is 3.32. The van der Waals surface area contributed by atoms with Crippen LogP contribution in [-0.2, 0) is 0 Å². The van der Waals surface area contributed by atoms with Crippen molar-refractivity contribution in [3.63, 3.8) is 0 Å². The van der Waals surface area contributed by atoms with Gasteiger partial charge in [0.2, 0.25) is 0 Å². The predicted octanol–water partition coefficient (Wildman–Crippen LogP) is 2.48. The third-order valence-electron chi connectivity index (χ3n) is 1.54. The summed E-state index contributed by atoms with van der Waals surface area (Å²) in [6.07, 6.45) is -0.453. The highest BCUT2D eigenvalue weighted by Crippen LogP contribution is 2.21. The van der Waals surface area contributed by atoms with Gasteiger partial charge in [-0.1, -0.05) is 15.9 Å². The zero-order valence-electron chi connectivity index (χ0n) is 7.43. The number of ether oxygens (including phenoxy) is 1. The largest absolute Gasteiger partial charge is 0.412 e. The monoisotopic (exact) mass is 243 g/mol. The molecule has 1 aromatic rings. The minimum Gasteiger partial charge on any atom is -0.410 e. The van der Waals surface area contributed by atoms with Crippen LogP contribution >= 0.6 is 15.9 Å². The van der Waals surface area contributed by atoms with Crippen molar-refractivity contribution in [1.82, 2.24) is 5.32 Å². The normalized spacial score (nSPS) is 9.46. The van der Waals surface area contributed by atoms with E-state index in [1.165, 1.54) is 7.05 Å². The fourth-order valence-corrected chi connectivity index (χ4v) is 1.35. The Morgan fingerprint density at radius 1 is 1.54 bits per heavy atom. The Morgan fingerprint density at radius 3 is 2.77 bits per heavy atom. The SMILES string of the molecule is CNC(=O)Oc1ccc(Br)cc1C. The van der Waals surface area contributed by atoms with Gasteiger partial charge in [-0.05, 0) is 30.7 Å². The summed E-state index contributed by atoms with van der Waals surface area (Å²) in [5, 5.41) is 2.38. The van der Waals surface area contributed by atoms with Crippen LogP contribution in [0.15, 0.2) is 22.7 Å². The van der Waals surface area contributed by atoms with Crippen molar-refractivity contribution in [2.45, 2.75) is 6.92 Å². The number of nitrogens with one attached hydrogen (secondary N) is 1. The van der Waals surface area contributed by atoms with Gasteiger partial charge in [0.25, 0.3) is 0 Å². The zero-order valence-corrected chi connectivity index (χ0v) is 9.01. The summed E-state index contributed by atoms with van der Waals surface area (Å²) in [6, 6.07) is 5.46. The van der Waals surface area contributed by atoms with Crippen LogP contribution in [0.25, 0.3) is 0 Å². The number of rotatable bonds is 1. The quantitative estimate of drug-likeness (QED) is 0.824. The smallest absolute Gasteiger partial charge is 0.410 e. The maximum atomic E-state index is 10.9. The van der Waals surface area contributed by atoms with Gasteiger partial charge in [0.15, 0.2) is 0 Å². The fraction of sp³-hybridized carbons (Fsp3) is 0.222. The van der Waals surface area contributed by atoms with Gasteiger partial charge < -0.3 is 10.1 Å². The van der Waals surface area contributed by atoms with E-state index in [2.05, 4.69) is 21.2 Å². The molecule has 0 spiro atoms. The molecule has 0 saturated carbocycles. The molecule has 0 aliphatic rings. The standard InChI is InChI=1S/C9H10BrNO2/c1-6-5-7(10)3-4-8(6)13-9(12)11-2/h3-5H,1-2H3,(H,11,12). The van der Waals surface area contributed by atoms with Crippen molar-refractivity contribution in [3.8, 4) is 5.75 Å². The summed E-state index contributed by atoms with van der Waals surface area (Å²) in [5.41, 5.74) is 0.915. The van der Waals surface area contributed by atoms with Gasteiger partial charge in [-0.15, -0.1) is 0 Å². The van der Waals surface area contributed by atoms with Crippen LogP contribution < -0.4 is 10.1 Å². The molecule has 1 aromatic carbocycles. The second-order valence-electron chi connectivity index (χ2n) is 2.55. The van der Waals surface area contributed by atoms with Gasteiger partial charge in [-0.3, -0.25) is 0 Å². The van der Waals surface area contributed by atoms with Crippen LogP contribution in [0.5, 0.6) is 5.75 Å². The molecule has 0 heterocycles. The lowest BCUT2D eigenvalue weighted by Crippen LogP contribution is -2.22. The van der Waals surface area contributed by atoms with E-state index in [0.29, 0.717) is 5.75 Å². The highest BCUT2D eigenvalue weighted by Gasteiger charge is 2.04. The lowest BCUT2D eigenvalue weighted by atomic mass is 10.2. The van der Waals surface area contributed by atoms with Gasteiger partial charge in [-0.25, -0.2) is 4.79 Å². The van der Waals surface area contributed by atoms with E-state index in [0.717, 1.165) is 10.0 Å². The van der Waals surface area contributed by atoms with Gasteiger partial charge in [0.1, 0.15) is 5.75 Å².